The fraction of sp³-hybridized carbons (Fsp3) is 0.412. The monoisotopic (exact) mass is 607 g/mol. The Kier molecular flexibility index (Phi) is 9.93. The van der Waals surface area contributed by atoms with Crippen molar-refractivity contribution < 1.29 is 23.8 Å². The molecule has 0 radical (unpaired) electrons. The lowest BCUT2D eigenvalue weighted by atomic mass is 9.61. The highest BCUT2D eigenvalue weighted by Gasteiger charge is 2.55. The minimum absolute atomic E-state index is 0. The van der Waals surface area contributed by atoms with Crippen LogP contribution in [0.25, 0.3) is 0 Å². The number of primary amides is 1. The number of methoxy groups -OCH3 is 3. The molecule has 0 spiro atoms. The minimum Gasteiger partial charge on any atom is -0.493 e. The van der Waals surface area contributed by atoms with Crippen LogP contribution < -0.4 is 19.9 Å². The lowest BCUT2D eigenvalue weighted by molar-refractivity contribution is -0.127. The maximum Gasteiger partial charge on any atom is 0.254 e. The normalized spacial score (nSPS) is 23.7. The first kappa shape index (κ1) is 32.2. The SMILES string of the molecule is CCN1CCC(C(N)=O)(c2ccccc2)CC1C1(c2ccccc2)CCN(C(=O)c2cc(OC)c(OC)c(OC)c2)C1.Cl. The van der Waals surface area contributed by atoms with E-state index in [1.54, 1.807) is 33.5 Å². The highest BCUT2D eigenvalue weighted by atomic mass is 35.5. The zero-order valence-electron chi connectivity index (χ0n) is 25.4. The van der Waals surface area contributed by atoms with Gasteiger partial charge in [-0.2, -0.15) is 0 Å². The number of carbonyl (C=O) groups is 2. The van der Waals surface area contributed by atoms with E-state index in [-0.39, 0.29) is 30.3 Å². The molecule has 5 rings (SSSR count). The number of hydrogen-bond donors (Lipinski definition) is 1. The number of likely N-dealkylation sites (tertiary alicyclic amines) is 2. The quantitative estimate of drug-likeness (QED) is 0.375. The van der Waals surface area contributed by atoms with Crippen LogP contribution in [-0.4, -0.2) is 75.2 Å². The summed E-state index contributed by atoms with van der Waals surface area (Å²) >= 11 is 0. The molecule has 2 heterocycles. The molecular weight excluding hydrogens is 566 g/mol. The van der Waals surface area contributed by atoms with E-state index in [0.29, 0.717) is 48.7 Å². The third kappa shape index (κ3) is 5.66. The average Bonchev–Trinajstić information content (AvgIpc) is 3.50. The zero-order valence-corrected chi connectivity index (χ0v) is 26.2. The predicted molar refractivity (Wildman–Crippen MR) is 170 cm³/mol. The van der Waals surface area contributed by atoms with Gasteiger partial charge in [-0.3, -0.25) is 14.5 Å². The van der Waals surface area contributed by atoms with Crippen molar-refractivity contribution in [2.45, 2.75) is 43.1 Å². The van der Waals surface area contributed by atoms with Crippen molar-refractivity contribution in [3.05, 3.63) is 89.5 Å². The number of nitrogens with zero attached hydrogens (tertiary/aromatic N) is 2. The second-order valence-corrected chi connectivity index (χ2v) is 11.3. The standard InChI is InChI=1S/C34H41N3O5.ClH/c1-5-36-18-16-33(32(35)39,25-12-8-6-9-13-25)22-29(36)34(26-14-10-7-11-15-26)17-19-37(23-34)31(38)24-20-27(40-2)30(42-4)28(21-24)41-3;/h6-15,20-21,29H,5,16-19,22-23H2,1-4H3,(H2,35,39);1H. The van der Waals surface area contributed by atoms with Crippen molar-refractivity contribution >= 4 is 24.2 Å². The van der Waals surface area contributed by atoms with Crippen LogP contribution in [0.4, 0.5) is 0 Å². The Bertz CT molecular complexity index is 1400. The van der Waals surface area contributed by atoms with Crippen molar-refractivity contribution in [1.82, 2.24) is 9.80 Å². The fourth-order valence-corrected chi connectivity index (χ4v) is 7.22. The Balaban J connectivity index is 0.00000423. The van der Waals surface area contributed by atoms with Gasteiger partial charge in [0, 0.05) is 30.1 Å². The topological polar surface area (TPSA) is 94.3 Å². The number of halogens is 1. The van der Waals surface area contributed by atoms with E-state index in [1.165, 1.54) is 5.56 Å². The number of likely N-dealkylation sites (N-methyl/N-ethyl adjacent to an activating group) is 1. The van der Waals surface area contributed by atoms with E-state index < -0.39 is 10.8 Å². The highest BCUT2D eigenvalue weighted by Crippen LogP contribution is 2.49. The van der Waals surface area contributed by atoms with Gasteiger partial charge in [-0.25, -0.2) is 0 Å². The smallest absolute Gasteiger partial charge is 0.254 e. The first-order valence-electron chi connectivity index (χ1n) is 14.6. The molecule has 2 saturated heterocycles. The molecule has 43 heavy (non-hydrogen) atoms. The van der Waals surface area contributed by atoms with E-state index in [9.17, 15) is 9.59 Å². The molecule has 9 heteroatoms. The number of nitrogens with two attached hydrogens (primary N) is 1. The molecule has 0 aliphatic carbocycles. The second kappa shape index (κ2) is 13.3. The fourth-order valence-electron chi connectivity index (χ4n) is 7.22. The highest BCUT2D eigenvalue weighted by molar-refractivity contribution is 5.96. The number of rotatable bonds is 9. The third-order valence-electron chi connectivity index (χ3n) is 9.50. The lowest BCUT2D eigenvalue weighted by Crippen LogP contribution is -2.61. The van der Waals surface area contributed by atoms with Gasteiger partial charge in [-0.15, -0.1) is 12.4 Å². The molecule has 8 nitrogen and oxygen atoms in total. The first-order valence-corrected chi connectivity index (χ1v) is 14.6. The molecule has 3 atom stereocenters. The molecule has 2 aliphatic rings. The van der Waals surface area contributed by atoms with Crippen molar-refractivity contribution in [1.29, 1.82) is 0 Å². The summed E-state index contributed by atoms with van der Waals surface area (Å²) in [6, 6.07) is 23.8. The predicted octanol–water partition coefficient (Wildman–Crippen LogP) is 4.83. The van der Waals surface area contributed by atoms with Crippen molar-refractivity contribution in [3.63, 3.8) is 0 Å². The van der Waals surface area contributed by atoms with Crippen molar-refractivity contribution in [2.75, 3.05) is 47.5 Å². The van der Waals surface area contributed by atoms with Gasteiger partial charge in [0.15, 0.2) is 11.5 Å². The van der Waals surface area contributed by atoms with Crippen molar-refractivity contribution in [2.24, 2.45) is 5.73 Å². The Hall–Kier alpha value is -3.75. The summed E-state index contributed by atoms with van der Waals surface area (Å²) in [5, 5.41) is 0. The number of hydrogen-bond acceptors (Lipinski definition) is 6. The molecule has 2 N–H and O–H groups in total. The molecule has 2 fully saturated rings. The second-order valence-electron chi connectivity index (χ2n) is 11.3. The van der Waals surface area contributed by atoms with Crippen LogP contribution in [0.15, 0.2) is 72.8 Å². The molecule has 0 saturated carbocycles. The summed E-state index contributed by atoms with van der Waals surface area (Å²) in [6.07, 6.45) is 2.01. The van der Waals surface area contributed by atoms with Crippen LogP contribution in [0.3, 0.4) is 0 Å². The van der Waals surface area contributed by atoms with Crippen LogP contribution in [0.5, 0.6) is 17.2 Å². The summed E-state index contributed by atoms with van der Waals surface area (Å²) in [5.41, 5.74) is 7.66. The summed E-state index contributed by atoms with van der Waals surface area (Å²) < 4.78 is 16.5. The summed E-state index contributed by atoms with van der Waals surface area (Å²) in [7, 11) is 4.63. The summed E-state index contributed by atoms with van der Waals surface area (Å²) in [4.78, 5) is 31.8. The Morgan fingerprint density at radius 2 is 1.44 bits per heavy atom. The molecular formula is C34H42ClN3O5. The van der Waals surface area contributed by atoms with E-state index in [1.807, 2.05) is 41.3 Å². The van der Waals surface area contributed by atoms with Crippen LogP contribution in [0, 0.1) is 0 Å². The summed E-state index contributed by atoms with van der Waals surface area (Å²) in [6.45, 7) is 4.84. The van der Waals surface area contributed by atoms with Gasteiger partial charge in [-0.05, 0) is 55.6 Å². The van der Waals surface area contributed by atoms with Crippen molar-refractivity contribution in [3.8, 4) is 17.2 Å². The maximum absolute atomic E-state index is 14.1. The van der Waals surface area contributed by atoms with Gasteiger partial charge in [0.05, 0.1) is 26.7 Å². The Labute approximate surface area is 260 Å². The van der Waals surface area contributed by atoms with Crippen LogP contribution in [0.2, 0.25) is 0 Å². The van der Waals surface area contributed by atoms with E-state index in [2.05, 4.69) is 36.1 Å². The van der Waals surface area contributed by atoms with E-state index in [4.69, 9.17) is 19.9 Å². The van der Waals surface area contributed by atoms with Gasteiger partial charge in [0.25, 0.3) is 5.91 Å². The van der Waals surface area contributed by atoms with E-state index >= 15 is 0 Å². The van der Waals surface area contributed by atoms with Gasteiger partial charge < -0.3 is 24.8 Å². The number of piperidine rings is 1. The lowest BCUT2D eigenvalue weighted by Gasteiger charge is -2.52. The first-order chi connectivity index (χ1) is 20.3. The van der Waals surface area contributed by atoms with E-state index in [0.717, 1.165) is 25.1 Å². The zero-order chi connectivity index (χ0) is 29.9. The van der Waals surface area contributed by atoms with Gasteiger partial charge in [0.1, 0.15) is 0 Å². The third-order valence-corrected chi connectivity index (χ3v) is 9.50. The Morgan fingerprint density at radius 3 is 1.95 bits per heavy atom. The number of amides is 2. The van der Waals surface area contributed by atoms with Gasteiger partial charge >= 0.3 is 0 Å². The van der Waals surface area contributed by atoms with Crippen LogP contribution in [-0.2, 0) is 15.6 Å². The maximum atomic E-state index is 14.1. The molecule has 3 aromatic carbocycles. The molecule has 3 aromatic rings. The number of benzene rings is 3. The molecule has 0 aromatic heterocycles. The van der Waals surface area contributed by atoms with Crippen LogP contribution in [0.1, 0.15) is 47.7 Å². The van der Waals surface area contributed by atoms with Gasteiger partial charge in [-0.1, -0.05) is 67.6 Å². The molecule has 230 valence electrons. The molecule has 3 unspecified atom stereocenters. The van der Waals surface area contributed by atoms with Crippen LogP contribution >= 0.6 is 12.4 Å². The molecule has 2 aliphatic heterocycles. The molecule has 2 amide bonds. The number of carbonyl (C=O) groups excluding carboxylic acids is 2. The average molecular weight is 608 g/mol. The Morgan fingerprint density at radius 1 is 0.860 bits per heavy atom. The minimum atomic E-state index is -0.784. The summed E-state index contributed by atoms with van der Waals surface area (Å²) in [5.74, 6) is 0.928. The largest absolute Gasteiger partial charge is 0.493 e. The molecule has 0 bridgehead atoms. The number of ether oxygens (including phenoxy) is 3. The van der Waals surface area contributed by atoms with Gasteiger partial charge in [0.2, 0.25) is 11.7 Å².